The van der Waals surface area contributed by atoms with Crippen LogP contribution in [0.3, 0.4) is 0 Å². The van der Waals surface area contributed by atoms with Gasteiger partial charge in [-0.1, -0.05) is 6.92 Å². The molecule has 0 amide bonds. The van der Waals surface area contributed by atoms with E-state index < -0.39 is 0 Å². The summed E-state index contributed by atoms with van der Waals surface area (Å²) in [5.74, 6) is 0.710. The summed E-state index contributed by atoms with van der Waals surface area (Å²) in [6.45, 7) is 7.15. The van der Waals surface area contributed by atoms with Crippen LogP contribution in [-0.2, 0) is 6.54 Å². The summed E-state index contributed by atoms with van der Waals surface area (Å²) in [6, 6.07) is 0. The highest BCUT2D eigenvalue weighted by molar-refractivity contribution is 7.09. The number of nitrogens with two attached hydrogens (primary N) is 1. The van der Waals surface area contributed by atoms with Crippen molar-refractivity contribution in [3.05, 3.63) is 16.1 Å². The van der Waals surface area contributed by atoms with Gasteiger partial charge in [0.05, 0.1) is 11.2 Å². The van der Waals surface area contributed by atoms with Gasteiger partial charge in [0.15, 0.2) is 0 Å². The molecule has 0 aromatic carbocycles. The van der Waals surface area contributed by atoms with Crippen molar-refractivity contribution in [3.63, 3.8) is 0 Å². The number of aromatic nitrogens is 1. The maximum absolute atomic E-state index is 5.48. The Morgan fingerprint density at radius 1 is 1.60 bits per heavy atom. The molecule has 1 unspecified atom stereocenters. The summed E-state index contributed by atoms with van der Waals surface area (Å²) in [6.07, 6.45) is 2.34. The molecule has 0 saturated carbocycles. The molecule has 1 aromatic heterocycles. The Morgan fingerprint density at radius 2 is 2.40 bits per heavy atom. The lowest BCUT2D eigenvalue weighted by Gasteiger charge is -2.11. The molecule has 1 aromatic rings. The zero-order valence-corrected chi connectivity index (χ0v) is 10.4. The van der Waals surface area contributed by atoms with Crippen molar-refractivity contribution in [2.75, 3.05) is 13.1 Å². The standard InChI is InChI=1S/C11H21N3S/c1-9(4-3-5-12)6-13-7-11-10(2)14-8-15-11/h8-9,13H,3-7,12H2,1-2H3. The quantitative estimate of drug-likeness (QED) is 0.748. The summed E-state index contributed by atoms with van der Waals surface area (Å²) in [5, 5.41) is 3.47. The molecule has 0 fully saturated rings. The molecule has 86 valence electrons. The Kier molecular flexibility index (Phi) is 5.83. The lowest BCUT2D eigenvalue weighted by atomic mass is 10.1. The van der Waals surface area contributed by atoms with Crippen LogP contribution in [0.1, 0.15) is 30.3 Å². The maximum Gasteiger partial charge on any atom is 0.0798 e. The van der Waals surface area contributed by atoms with Crippen LogP contribution in [0.2, 0.25) is 0 Å². The number of aryl methyl sites for hydroxylation is 1. The SMILES string of the molecule is Cc1ncsc1CNCC(C)CCCN. The second-order valence-corrected chi connectivity index (χ2v) is 4.97. The van der Waals surface area contributed by atoms with Crippen molar-refractivity contribution in [2.45, 2.75) is 33.2 Å². The van der Waals surface area contributed by atoms with Crippen molar-refractivity contribution >= 4 is 11.3 Å². The lowest BCUT2D eigenvalue weighted by molar-refractivity contribution is 0.470. The van der Waals surface area contributed by atoms with Crippen LogP contribution in [0, 0.1) is 12.8 Å². The van der Waals surface area contributed by atoms with Gasteiger partial charge in [0.25, 0.3) is 0 Å². The second-order valence-electron chi connectivity index (χ2n) is 4.03. The van der Waals surface area contributed by atoms with E-state index in [1.165, 1.54) is 11.3 Å². The first-order valence-corrected chi connectivity index (χ1v) is 6.41. The highest BCUT2D eigenvalue weighted by Gasteiger charge is 2.03. The molecule has 0 aliphatic heterocycles. The molecule has 3 nitrogen and oxygen atoms in total. The van der Waals surface area contributed by atoms with Gasteiger partial charge in [0.2, 0.25) is 0 Å². The van der Waals surface area contributed by atoms with Crippen LogP contribution in [0.15, 0.2) is 5.51 Å². The van der Waals surface area contributed by atoms with Crippen molar-refractivity contribution in [2.24, 2.45) is 11.7 Å². The minimum Gasteiger partial charge on any atom is -0.330 e. The average molecular weight is 227 g/mol. The third-order valence-electron chi connectivity index (χ3n) is 2.52. The minimum atomic E-state index is 0.710. The molecule has 0 saturated heterocycles. The monoisotopic (exact) mass is 227 g/mol. The highest BCUT2D eigenvalue weighted by atomic mass is 32.1. The molecule has 3 N–H and O–H groups in total. The van der Waals surface area contributed by atoms with E-state index in [0.717, 1.165) is 31.7 Å². The smallest absolute Gasteiger partial charge is 0.0798 e. The van der Waals surface area contributed by atoms with Gasteiger partial charge in [0, 0.05) is 11.4 Å². The van der Waals surface area contributed by atoms with Gasteiger partial charge < -0.3 is 11.1 Å². The third-order valence-corrected chi connectivity index (χ3v) is 3.46. The summed E-state index contributed by atoms with van der Waals surface area (Å²) in [7, 11) is 0. The zero-order valence-electron chi connectivity index (χ0n) is 9.62. The topological polar surface area (TPSA) is 50.9 Å². The van der Waals surface area contributed by atoms with Crippen LogP contribution < -0.4 is 11.1 Å². The Bertz CT molecular complexity index is 273. The first kappa shape index (κ1) is 12.6. The van der Waals surface area contributed by atoms with Crippen molar-refractivity contribution in [1.29, 1.82) is 0 Å². The Balaban J connectivity index is 2.13. The molecule has 4 heteroatoms. The fraction of sp³-hybridized carbons (Fsp3) is 0.727. The first-order valence-electron chi connectivity index (χ1n) is 5.53. The van der Waals surface area contributed by atoms with E-state index in [0.29, 0.717) is 5.92 Å². The van der Waals surface area contributed by atoms with Gasteiger partial charge in [-0.05, 0) is 38.8 Å². The Labute approximate surface area is 96.1 Å². The number of rotatable bonds is 7. The molecule has 0 spiro atoms. The number of nitrogens with one attached hydrogen (secondary N) is 1. The van der Waals surface area contributed by atoms with Gasteiger partial charge in [-0.15, -0.1) is 11.3 Å². The van der Waals surface area contributed by atoms with Gasteiger partial charge >= 0.3 is 0 Å². The predicted octanol–water partition coefficient (Wildman–Crippen LogP) is 1.92. The van der Waals surface area contributed by atoms with E-state index in [9.17, 15) is 0 Å². The summed E-state index contributed by atoms with van der Waals surface area (Å²) < 4.78 is 0. The van der Waals surface area contributed by atoms with E-state index in [1.807, 2.05) is 5.51 Å². The number of hydrogen-bond donors (Lipinski definition) is 2. The molecule has 1 atom stereocenters. The molecule has 0 bridgehead atoms. The van der Waals surface area contributed by atoms with Crippen LogP contribution in [-0.4, -0.2) is 18.1 Å². The lowest BCUT2D eigenvalue weighted by Crippen LogP contribution is -2.21. The summed E-state index contributed by atoms with van der Waals surface area (Å²) in [5.41, 5.74) is 8.54. The van der Waals surface area contributed by atoms with E-state index in [1.54, 1.807) is 11.3 Å². The van der Waals surface area contributed by atoms with E-state index >= 15 is 0 Å². The van der Waals surface area contributed by atoms with E-state index in [-0.39, 0.29) is 0 Å². The second kappa shape index (κ2) is 6.93. The van der Waals surface area contributed by atoms with Crippen LogP contribution in [0.25, 0.3) is 0 Å². The number of hydrogen-bond acceptors (Lipinski definition) is 4. The number of nitrogens with zero attached hydrogens (tertiary/aromatic N) is 1. The Hall–Kier alpha value is -0.450. The van der Waals surface area contributed by atoms with E-state index in [4.69, 9.17) is 5.73 Å². The minimum absolute atomic E-state index is 0.710. The molecule has 0 radical (unpaired) electrons. The van der Waals surface area contributed by atoms with Gasteiger partial charge in [-0.25, -0.2) is 4.98 Å². The van der Waals surface area contributed by atoms with Gasteiger partial charge in [-0.2, -0.15) is 0 Å². The zero-order chi connectivity index (χ0) is 11.1. The first-order chi connectivity index (χ1) is 7.24. The highest BCUT2D eigenvalue weighted by Crippen LogP contribution is 2.11. The molecule has 0 aliphatic carbocycles. The van der Waals surface area contributed by atoms with Gasteiger partial charge in [-0.3, -0.25) is 0 Å². The average Bonchev–Trinajstić information content (AvgIpc) is 2.61. The van der Waals surface area contributed by atoms with Crippen molar-refractivity contribution in [1.82, 2.24) is 10.3 Å². The van der Waals surface area contributed by atoms with Crippen LogP contribution >= 0.6 is 11.3 Å². The maximum atomic E-state index is 5.48. The third kappa shape index (κ3) is 4.73. The van der Waals surface area contributed by atoms with Crippen molar-refractivity contribution in [3.8, 4) is 0 Å². The molecular formula is C11H21N3S. The predicted molar refractivity (Wildman–Crippen MR) is 66.0 cm³/mol. The molecule has 1 rings (SSSR count). The van der Waals surface area contributed by atoms with Gasteiger partial charge in [0.1, 0.15) is 0 Å². The van der Waals surface area contributed by atoms with Crippen LogP contribution in [0.5, 0.6) is 0 Å². The Morgan fingerprint density at radius 3 is 3.00 bits per heavy atom. The van der Waals surface area contributed by atoms with E-state index in [2.05, 4.69) is 24.1 Å². The fourth-order valence-electron chi connectivity index (χ4n) is 1.50. The molecule has 0 aliphatic rings. The summed E-state index contributed by atoms with van der Waals surface area (Å²) in [4.78, 5) is 5.57. The molecule has 1 heterocycles. The van der Waals surface area contributed by atoms with Crippen LogP contribution in [0.4, 0.5) is 0 Å². The molecular weight excluding hydrogens is 206 g/mol. The summed E-state index contributed by atoms with van der Waals surface area (Å²) >= 11 is 1.73. The van der Waals surface area contributed by atoms with Crippen molar-refractivity contribution < 1.29 is 0 Å². The fourth-order valence-corrected chi connectivity index (χ4v) is 2.24. The largest absolute Gasteiger partial charge is 0.330 e. The number of thiazole rings is 1. The molecule has 15 heavy (non-hydrogen) atoms. The normalized spacial score (nSPS) is 13.0.